The van der Waals surface area contributed by atoms with Crippen LogP contribution in [0.3, 0.4) is 0 Å². The summed E-state index contributed by atoms with van der Waals surface area (Å²) in [7, 11) is 0. The summed E-state index contributed by atoms with van der Waals surface area (Å²) in [6, 6.07) is 7.34. The van der Waals surface area contributed by atoms with E-state index in [1.807, 2.05) is 31.2 Å². The summed E-state index contributed by atoms with van der Waals surface area (Å²) in [4.78, 5) is 10.9. The Bertz CT molecular complexity index is 379. The molecule has 0 heterocycles. The van der Waals surface area contributed by atoms with Gasteiger partial charge in [0.2, 0.25) is 0 Å². The van der Waals surface area contributed by atoms with Crippen molar-refractivity contribution in [2.24, 2.45) is 0 Å². The number of carboxylic acids is 1. The van der Waals surface area contributed by atoms with E-state index < -0.39 is 12.0 Å². The van der Waals surface area contributed by atoms with Crippen molar-refractivity contribution in [3.63, 3.8) is 0 Å². The number of carboxylic acid groups (broad SMARTS) is 1. The van der Waals surface area contributed by atoms with Crippen molar-refractivity contribution in [3.05, 3.63) is 29.8 Å². The highest BCUT2D eigenvalue weighted by molar-refractivity contribution is 5.73. The fourth-order valence-electron chi connectivity index (χ4n) is 1.71. The van der Waals surface area contributed by atoms with E-state index in [2.05, 4.69) is 12.2 Å². The maximum absolute atomic E-state index is 10.9. The van der Waals surface area contributed by atoms with Gasteiger partial charge >= 0.3 is 5.97 Å². The second-order valence-electron chi connectivity index (χ2n) is 4.09. The molecule has 1 rings (SSSR count). The normalized spacial score (nSPS) is 12.1. The van der Waals surface area contributed by atoms with Gasteiger partial charge in [-0.2, -0.15) is 0 Å². The largest absolute Gasteiger partial charge is 0.494 e. The van der Waals surface area contributed by atoms with Crippen molar-refractivity contribution < 1.29 is 14.6 Å². The Morgan fingerprint density at radius 1 is 1.44 bits per heavy atom. The highest BCUT2D eigenvalue weighted by Crippen LogP contribution is 2.14. The molecule has 0 spiro atoms. The van der Waals surface area contributed by atoms with E-state index in [4.69, 9.17) is 9.84 Å². The highest BCUT2D eigenvalue weighted by Gasteiger charge is 2.15. The number of aryl methyl sites for hydroxylation is 1. The Balaban J connectivity index is 2.42. The van der Waals surface area contributed by atoms with E-state index in [0.29, 0.717) is 19.6 Å². The lowest BCUT2D eigenvalue weighted by molar-refractivity contribution is -0.139. The minimum atomic E-state index is -0.831. The Morgan fingerprint density at radius 2 is 2.22 bits per heavy atom. The Labute approximate surface area is 108 Å². The molecular formula is C14H21NO3. The molecule has 0 saturated carbocycles. The Morgan fingerprint density at radius 3 is 2.83 bits per heavy atom. The quantitative estimate of drug-likeness (QED) is 0.742. The van der Waals surface area contributed by atoms with Crippen molar-refractivity contribution in [2.45, 2.75) is 32.7 Å². The number of nitrogens with one attached hydrogen (secondary N) is 1. The van der Waals surface area contributed by atoms with Gasteiger partial charge in [-0.05, 0) is 30.7 Å². The van der Waals surface area contributed by atoms with Gasteiger partial charge in [-0.1, -0.05) is 26.0 Å². The third kappa shape index (κ3) is 4.75. The Hall–Kier alpha value is -1.55. The van der Waals surface area contributed by atoms with Crippen LogP contribution in [0.2, 0.25) is 0 Å². The van der Waals surface area contributed by atoms with Gasteiger partial charge in [-0.3, -0.25) is 4.79 Å². The SMILES string of the molecule is CCNC(CCOc1cccc(CC)c1)C(=O)O. The fourth-order valence-corrected chi connectivity index (χ4v) is 1.71. The molecule has 0 aliphatic heterocycles. The monoisotopic (exact) mass is 251 g/mol. The van der Waals surface area contributed by atoms with E-state index in [1.165, 1.54) is 5.56 Å². The summed E-state index contributed by atoms with van der Waals surface area (Å²) in [6.45, 7) is 5.02. The Kier molecular flexibility index (Phi) is 6.22. The van der Waals surface area contributed by atoms with Crippen LogP contribution in [0.25, 0.3) is 0 Å². The molecule has 0 bridgehead atoms. The van der Waals surface area contributed by atoms with Crippen LogP contribution in [0.15, 0.2) is 24.3 Å². The zero-order valence-electron chi connectivity index (χ0n) is 11.0. The molecule has 0 aliphatic carbocycles. The molecule has 0 aromatic heterocycles. The van der Waals surface area contributed by atoms with Crippen LogP contribution >= 0.6 is 0 Å². The summed E-state index contributed by atoms with van der Waals surface area (Å²) >= 11 is 0. The molecule has 0 radical (unpaired) electrons. The van der Waals surface area contributed by atoms with Crippen molar-refractivity contribution >= 4 is 5.97 Å². The molecule has 1 aromatic rings. The van der Waals surface area contributed by atoms with Crippen molar-refractivity contribution in [3.8, 4) is 5.75 Å². The molecule has 4 nitrogen and oxygen atoms in total. The van der Waals surface area contributed by atoms with Crippen LogP contribution in [0.4, 0.5) is 0 Å². The lowest BCUT2D eigenvalue weighted by atomic mass is 10.2. The first-order valence-corrected chi connectivity index (χ1v) is 6.35. The van der Waals surface area contributed by atoms with Crippen molar-refractivity contribution in [2.75, 3.05) is 13.2 Å². The molecule has 100 valence electrons. The molecule has 0 saturated heterocycles. The number of aliphatic carboxylic acids is 1. The lowest BCUT2D eigenvalue weighted by Crippen LogP contribution is -2.37. The standard InChI is InChI=1S/C14H21NO3/c1-3-11-6-5-7-12(10-11)18-9-8-13(14(16)17)15-4-2/h5-7,10,13,15H,3-4,8-9H2,1-2H3,(H,16,17). The van der Waals surface area contributed by atoms with Crippen molar-refractivity contribution in [1.82, 2.24) is 5.32 Å². The molecule has 18 heavy (non-hydrogen) atoms. The molecule has 4 heteroatoms. The maximum Gasteiger partial charge on any atom is 0.320 e. The van der Waals surface area contributed by atoms with Gasteiger partial charge < -0.3 is 15.2 Å². The molecular weight excluding hydrogens is 230 g/mol. The summed E-state index contributed by atoms with van der Waals surface area (Å²) in [5, 5.41) is 11.9. The molecule has 1 atom stereocenters. The van der Waals surface area contributed by atoms with Crippen LogP contribution in [0.1, 0.15) is 25.8 Å². The van der Waals surface area contributed by atoms with Gasteiger partial charge in [-0.25, -0.2) is 0 Å². The van der Waals surface area contributed by atoms with Gasteiger partial charge in [-0.15, -0.1) is 0 Å². The number of benzene rings is 1. The number of likely N-dealkylation sites (N-methyl/N-ethyl adjacent to an activating group) is 1. The van der Waals surface area contributed by atoms with Crippen LogP contribution in [-0.4, -0.2) is 30.3 Å². The van der Waals surface area contributed by atoms with Gasteiger partial charge in [0.1, 0.15) is 11.8 Å². The average molecular weight is 251 g/mol. The maximum atomic E-state index is 10.9. The smallest absolute Gasteiger partial charge is 0.320 e. The first kappa shape index (κ1) is 14.5. The predicted octanol–water partition coefficient (Wildman–Crippen LogP) is 2.08. The van der Waals surface area contributed by atoms with Crippen LogP contribution in [0.5, 0.6) is 5.75 Å². The van der Waals surface area contributed by atoms with Gasteiger partial charge in [0.05, 0.1) is 6.61 Å². The van der Waals surface area contributed by atoms with Crippen LogP contribution in [0, 0.1) is 0 Å². The van der Waals surface area contributed by atoms with Gasteiger partial charge in [0, 0.05) is 6.42 Å². The second-order valence-corrected chi connectivity index (χ2v) is 4.09. The van der Waals surface area contributed by atoms with E-state index in [-0.39, 0.29) is 0 Å². The minimum Gasteiger partial charge on any atom is -0.494 e. The third-order valence-corrected chi connectivity index (χ3v) is 2.73. The van der Waals surface area contributed by atoms with E-state index >= 15 is 0 Å². The average Bonchev–Trinajstić information content (AvgIpc) is 2.38. The summed E-state index contributed by atoms with van der Waals surface area (Å²) in [6.07, 6.45) is 1.42. The lowest BCUT2D eigenvalue weighted by Gasteiger charge is -2.13. The van der Waals surface area contributed by atoms with E-state index in [1.54, 1.807) is 0 Å². The predicted molar refractivity (Wildman–Crippen MR) is 71.0 cm³/mol. The summed E-state index contributed by atoms with van der Waals surface area (Å²) < 4.78 is 5.57. The van der Waals surface area contributed by atoms with Crippen LogP contribution in [-0.2, 0) is 11.2 Å². The number of carbonyl (C=O) groups is 1. The van der Waals surface area contributed by atoms with Gasteiger partial charge in [0.25, 0.3) is 0 Å². The molecule has 0 amide bonds. The number of rotatable bonds is 8. The fraction of sp³-hybridized carbons (Fsp3) is 0.500. The topological polar surface area (TPSA) is 58.6 Å². The first-order valence-electron chi connectivity index (χ1n) is 6.35. The highest BCUT2D eigenvalue weighted by atomic mass is 16.5. The third-order valence-electron chi connectivity index (χ3n) is 2.73. The number of hydrogen-bond acceptors (Lipinski definition) is 3. The van der Waals surface area contributed by atoms with E-state index in [0.717, 1.165) is 12.2 Å². The minimum absolute atomic E-state index is 0.400. The summed E-state index contributed by atoms with van der Waals surface area (Å²) in [5.74, 6) is -0.0299. The number of ether oxygens (including phenoxy) is 1. The zero-order valence-corrected chi connectivity index (χ0v) is 11.0. The molecule has 0 fully saturated rings. The van der Waals surface area contributed by atoms with Gasteiger partial charge in [0.15, 0.2) is 0 Å². The van der Waals surface area contributed by atoms with E-state index in [9.17, 15) is 4.79 Å². The molecule has 0 aliphatic rings. The summed E-state index contributed by atoms with van der Waals surface area (Å²) in [5.41, 5.74) is 1.22. The zero-order chi connectivity index (χ0) is 13.4. The second kappa shape index (κ2) is 7.71. The van der Waals surface area contributed by atoms with Crippen molar-refractivity contribution in [1.29, 1.82) is 0 Å². The molecule has 2 N–H and O–H groups in total. The van der Waals surface area contributed by atoms with Crippen LogP contribution < -0.4 is 10.1 Å². The molecule has 1 aromatic carbocycles. The number of hydrogen-bond donors (Lipinski definition) is 2. The first-order chi connectivity index (χ1) is 8.67. The molecule has 1 unspecified atom stereocenters.